The highest BCUT2D eigenvalue weighted by atomic mass is 16.5. The lowest BCUT2D eigenvalue weighted by molar-refractivity contribution is 0.102. The average molecular weight is 391 g/mol. The largest absolute Gasteiger partial charge is 0.493 e. The molecule has 0 bridgehead atoms. The molecule has 1 N–H and O–H groups in total. The number of carbonyl (C=O) groups is 1. The Bertz CT molecular complexity index is 1160. The van der Waals surface area contributed by atoms with E-state index in [2.05, 4.69) is 20.6 Å². The molecule has 0 saturated carbocycles. The molecule has 0 radical (unpaired) electrons. The molecule has 1 amide bonds. The van der Waals surface area contributed by atoms with Crippen LogP contribution >= 0.6 is 0 Å². The Balaban J connectivity index is 1.66. The Morgan fingerprint density at radius 1 is 1.17 bits per heavy atom. The van der Waals surface area contributed by atoms with Crippen LogP contribution in [0.2, 0.25) is 0 Å². The van der Waals surface area contributed by atoms with Gasteiger partial charge in [-0.15, -0.1) is 5.10 Å². The summed E-state index contributed by atoms with van der Waals surface area (Å²) in [5.74, 6) is 0.411. The van der Waals surface area contributed by atoms with Crippen molar-refractivity contribution in [3.63, 3.8) is 0 Å². The summed E-state index contributed by atoms with van der Waals surface area (Å²) in [7, 11) is 0. The van der Waals surface area contributed by atoms with E-state index in [-0.39, 0.29) is 23.9 Å². The van der Waals surface area contributed by atoms with Crippen molar-refractivity contribution < 1.29 is 13.9 Å². The van der Waals surface area contributed by atoms with Crippen LogP contribution in [0, 0.1) is 0 Å². The second-order valence-electron chi connectivity index (χ2n) is 6.71. The smallest absolute Gasteiger partial charge is 0.322 e. The lowest BCUT2D eigenvalue weighted by Crippen LogP contribution is -2.14. The fourth-order valence-electron chi connectivity index (χ4n) is 3.19. The van der Waals surface area contributed by atoms with Crippen LogP contribution in [0.15, 0.2) is 53.1 Å². The van der Waals surface area contributed by atoms with Crippen molar-refractivity contribution in [2.75, 3.05) is 11.9 Å². The zero-order chi connectivity index (χ0) is 20.4. The molecular weight excluding hydrogens is 370 g/mol. The van der Waals surface area contributed by atoms with Gasteiger partial charge in [-0.3, -0.25) is 14.8 Å². The molecule has 0 fully saturated rings. The van der Waals surface area contributed by atoms with Crippen molar-refractivity contribution in [1.82, 2.24) is 20.0 Å². The monoisotopic (exact) mass is 391 g/mol. The maximum atomic E-state index is 13.1. The number of fused-ring (bicyclic) bond motifs is 1. The van der Waals surface area contributed by atoms with Crippen molar-refractivity contribution in [2.45, 2.75) is 26.8 Å². The zero-order valence-electron chi connectivity index (χ0n) is 16.4. The normalized spacial score (nSPS) is 11.2. The predicted molar refractivity (Wildman–Crippen MR) is 109 cm³/mol. The SMILES string of the molecule is CCOc1ccc2ccccc2c1C(=O)Nc1nnc(-c2ccnn2C(C)C)o1. The molecule has 0 spiro atoms. The third-order valence-corrected chi connectivity index (χ3v) is 4.44. The van der Waals surface area contributed by atoms with E-state index in [1.54, 1.807) is 23.0 Å². The van der Waals surface area contributed by atoms with Crippen LogP contribution in [0.1, 0.15) is 37.2 Å². The predicted octanol–water partition coefficient (Wildman–Crippen LogP) is 4.32. The van der Waals surface area contributed by atoms with E-state index >= 15 is 0 Å². The maximum absolute atomic E-state index is 13.1. The van der Waals surface area contributed by atoms with E-state index in [9.17, 15) is 4.79 Å². The van der Waals surface area contributed by atoms with E-state index in [0.29, 0.717) is 23.6 Å². The summed E-state index contributed by atoms with van der Waals surface area (Å²) in [5.41, 5.74) is 1.12. The summed E-state index contributed by atoms with van der Waals surface area (Å²) in [6, 6.07) is 13.3. The van der Waals surface area contributed by atoms with Crippen LogP contribution in [-0.4, -0.2) is 32.5 Å². The van der Waals surface area contributed by atoms with E-state index in [1.807, 2.05) is 51.1 Å². The molecule has 4 aromatic rings. The molecule has 0 atom stereocenters. The van der Waals surface area contributed by atoms with E-state index in [4.69, 9.17) is 9.15 Å². The molecule has 8 nitrogen and oxygen atoms in total. The van der Waals surface area contributed by atoms with Gasteiger partial charge in [0.15, 0.2) is 0 Å². The highest BCUT2D eigenvalue weighted by Crippen LogP contribution is 2.29. The van der Waals surface area contributed by atoms with Gasteiger partial charge >= 0.3 is 6.01 Å². The molecule has 0 aliphatic heterocycles. The van der Waals surface area contributed by atoms with Crippen LogP contribution in [0.5, 0.6) is 5.75 Å². The Labute approximate surface area is 167 Å². The topological polar surface area (TPSA) is 95.1 Å². The van der Waals surface area contributed by atoms with Crippen LogP contribution in [0.25, 0.3) is 22.4 Å². The molecule has 29 heavy (non-hydrogen) atoms. The summed E-state index contributed by atoms with van der Waals surface area (Å²) in [5, 5.41) is 16.7. The number of anilines is 1. The van der Waals surface area contributed by atoms with E-state index < -0.39 is 0 Å². The minimum absolute atomic E-state index is 0.0110. The van der Waals surface area contributed by atoms with E-state index in [0.717, 1.165) is 10.8 Å². The Kier molecular flexibility index (Phi) is 4.99. The molecule has 0 saturated heterocycles. The highest BCUT2D eigenvalue weighted by molar-refractivity contribution is 6.14. The molecule has 0 unspecified atom stereocenters. The van der Waals surface area contributed by atoms with Gasteiger partial charge in [0.2, 0.25) is 0 Å². The Hall–Kier alpha value is -3.68. The third-order valence-electron chi connectivity index (χ3n) is 4.44. The highest BCUT2D eigenvalue weighted by Gasteiger charge is 2.20. The molecule has 8 heteroatoms. The molecule has 148 valence electrons. The quantitative estimate of drug-likeness (QED) is 0.526. The lowest BCUT2D eigenvalue weighted by Gasteiger charge is -2.12. The van der Waals surface area contributed by atoms with Crippen molar-refractivity contribution in [3.05, 3.63) is 54.2 Å². The van der Waals surface area contributed by atoms with E-state index in [1.165, 1.54) is 0 Å². The number of aromatic nitrogens is 4. The molecule has 2 aromatic carbocycles. The third kappa shape index (κ3) is 3.56. The van der Waals surface area contributed by atoms with Crippen molar-refractivity contribution in [3.8, 4) is 17.3 Å². The number of amides is 1. The van der Waals surface area contributed by atoms with Gasteiger partial charge in [-0.1, -0.05) is 35.4 Å². The fraction of sp³-hybridized carbons (Fsp3) is 0.238. The number of hydrogen-bond acceptors (Lipinski definition) is 6. The van der Waals surface area contributed by atoms with Gasteiger partial charge in [0.05, 0.1) is 12.2 Å². The second-order valence-corrected chi connectivity index (χ2v) is 6.71. The molecule has 2 aromatic heterocycles. The number of nitrogens with one attached hydrogen (secondary N) is 1. The lowest BCUT2D eigenvalue weighted by atomic mass is 10.0. The van der Waals surface area contributed by atoms with Gasteiger partial charge in [0.25, 0.3) is 11.8 Å². The van der Waals surface area contributed by atoms with Crippen molar-refractivity contribution in [2.24, 2.45) is 0 Å². The first-order chi connectivity index (χ1) is 14.1. The Morgan fingerprint density at radius 3 is 2.79 bits per heavy atom. The van der Waals surface area contributed by atoms with Crippen LogP contribution < -0.4 is 10.1 Å². The van der Waals surface area contributed by atoms with Crippen molar-refractivity contribution >= 4 is 22.7 Å². The van der Waals surface area contributed by atoms with Crippen LogP contribution in [0.3, 0.4) is 0 Å². The van der Waals surface area contributed by atoms with Crippen LogP contribution in [-0.2, 0) is 0 Å². The first kappa shape index (κ1) is 18.7. The summed E-state index contributed by atoms with van der Waals surface area (Å²) >= 11 is 0. The molecule has 2 heterocycles. The first-order valence-corrected chi connectivity index (χ1v) is 9.41. The molecule has 0 aliphatic carbocycles. The number of ether oxygens (including phenoxy) is 1. The number of nitrogens with zero attached hydrogens (tertiary/aromatic N) is 4. The maximum Gasteiger partial charge on any atom is 0.322 e. The summed E-state index contributed by atoms with van der Waals surface area (Å²) in [4.78, 5) is 13.1. The van der Waals surface area contributed by atoms with Crippen molar-refractivity contribution in [1.29, 1.82) is 0 Å². The Morgan fingerprint density at radius 2 is 2.00 bits per heavy atom. The summed E-state index contributed by atoms with van der Waals surface area (Å²) in [6.45, 7) is 6.33. The average Bonchev–Trinajstić information content (AvgIpc) is 3.37. The van der Waals surface area contributed by atoms with Gasteiger partial charge in [-0.2, -0.15) is 5.10 Å². The molecule has 0 aliphatic rings. The number of hydrogen-bond donors (Lipinski definition) is 1. The minimum Gasteiger partial charge on any atom is -0.493 e. The summed E-state index contributed by atoms with van der Waals surface area (Å²) < 4.78 is 13.1. The van der Waals surface area contributed by atoms with Gasteiger partial charge in [0.1, 0.15) is 11.4 Å². The summed E-state index contributed by atoms with van der Waals surface area (Å²) in [6.07, 6.45) is 1.67. The second kappa shape index (κ2) is 7.75. The number of rotatable bonds is 6. The standard InChI is InChI=1S/C21H21N5O3/c1-4-28-17-10-9-14-7-5-6-8-15(14)18(17)19(27)23-21-25-24-20(29-21)16-11-12-22-26(16)13(2)3/h5-13H,4H2,1-3H3,(H,23,25,27). The molecular formula is C21H21N5O3. The zero-order valence-corrected chi connectivity index (χ0v) is 16.4. The number of carbonyl (C=O) groups excluding carboxylic acids is 1. The van der Waals surface area contributed by atoms with Gasteiger partial charge < -0.3 is 9.15 Å². The molecule has 4 rings (SSSR count). The number of benzene rings is 2. The van der Waals surface area contributed by atoms with Gasteiger partial charge in [-0.25, -0.2) is 0 Å². The van der Waals surface area contributed by atoms with Gasteiger partial charge in [0, 0.05) is 12.2 Å². The van der Waals surface area contributed by atoms with Gasteiger partial charge in [-0.05, 0) is 43.7 Å². The first-order valence-electron chi connectivity index (χ1n) is 9.41. The fourth-order valence-corrected chi connectivity index (χ4v) is 3.19. The minimum atomic E-state index is -0.377. The van der Waals surface area contributed by atoms with Crippen LogP contribution in [0.4, 0.5) is 6.01 Å².